The van der Waals surface area contributed by atoms with Crippen LogP contribution in [0.2, 0.25) is 0 Å². The molecule has 0 spiro atoms. The van der Waals surface area contributed by atoms with Crippen molar-refractivity contribution >= 4 is 0 Å². The van der Waals surface area contributed by atoms with Gasteiger partial charge in [-0.3, -0.25) is 0 Å². The van der Waals surface area contributed by atoms with E-state index in [0.29, 0.717) is 11.8 Å². The summed E-state index contributed by atoms with van der Waals surface area (Å²) in [5.74, 6) is 3.08. The van der Waals surface area contributed by atoms with Crippen molar-refractivity contribution in [2.75, 3.05) is 26.7 Å². The van der Waals surface area contributed by atoms with Crippen LogP contribution >= 0.6 is 0 Å². The SMILES string of the molecule is CCC(C)C(CCc1cccc(Oc2ccc(C)cc2)c1)CN(C)CCO. The summed E-state index contributed by atoms with van der Waals surface area (Å²) in [6, 6.07) is 16.6. The van der Waals surface area contributed by atoms with Crippen LogP contribution in [0.4, 0.5) is 0 Å². The van der Waals surface area contributed by atoms with Crippen molar-refractivity contribution in [2.45, 2.75) is 40.0 Å². The maximum absolute atomic E-state index is 9.16. The molecule has 0 aliphatic heterocycles. The summed E-state index contributed by atoms with van der Waals surface area (Å²) >= 11 is 0. The van der Waals surface area contributed by atoms with Crippen LogP contribution in [-0.4, -0.2) is 36.8 Å². The predicted octanol–water partition coefficient (Wildman–Crippen LogP) is 5.31. The zero-order valence-electron chi connectivity index (χ0n) is 17.3. The van der Waals surface area contributed by atoms with Gasteiger partial charge in [-0.2, -0.15) is 0 Å². The van der Waals surface area contributed by atoms with Crippen molar-refractivity contribution in [2.24, 2.45) is 11.8 Å². The van der Waals surface area contributed by atoms with Gasteiger partial charge >= 0.3 is 0 Å². The first-order valence-corrected chi connectivity index (χ1v) is 10.1. The molecule has 2 aromatic rings. The lowest BCUT2D eigenvalue weighted by molar-refractivity contribution is 0.175. The van der Waals surface area contributed by atoms with Crippen LogP contribution in [0, 0.1) is 18.8 Å². The minimum atomic E-state index is 0.224. The molecule has 3 heteroatoms. The lowest BCUT2D eigenvalue weighted by atomic mass is 9.86. The zero-order valence-corrected chi connectivity index (χ0v) is 17.3. The molecule has 2 aromatic carbocycles. The number of aryl methyl sites for hydroxylation is 2. The second kappa shape index (κ2) is 11.1. The van der Waals surface area contributed by atoms with E-state index >= 15 is 0 Å². The number of hydrogen-bond donors (Lipinski definition) is 1. The van der Waals surface area contributed by atoms with Gasteiger partial charge in [0.05, 0.1) is 6.61 Å². The zero-order chi connectivity index (χ0) is 19.6. The number of benzene rings is 2. The van der Waals surface area contributed by atoms with E-state index < -0.39 is 0 Å². The van der Waals surface area contributed by atoms with Crippen LogP contribution in [-0.2, 0) is 6.42 Å². The topological polar surface area (TPSA) is 32.7 Å². The second-order valence-electron chi connectivity index (χ2n) is 7.73. The van der Waals surface area contributed by atoms with Crippen molar-refractivity contribution in [1.82, 2.24) is 4.90 Å². The van der Waals surface area contributed by atoms with Crippen molar-refractivity contribution in [1.29, 1.82) is 0 Å². The summed E-state index contributed by atoms with van der Waals surface area (Å²) in [6.07, 6.45) is 3.39. The van der Waals surface area contributed by atoms with Gasteiger partial charge in [0, 0.05) is 13.1 Å². The third-order valence-electron chi connectivity index (χ3n) is 5.44. The smallest absolute Gasteiger partial charge is 0.127 e. The van der Waals surface area contributed by atoms with Crippen LogP contribution < -0.4 is 4.74 Å². The molecule has 3 nitrogen and oxygen atoms in total. The Morgan fingerprint density at radius 3 is 2.48 bits per heavy atom. The summed E-state index contributed by atoms with van der Waals surface area (Å²) in [4.78, 5) is 2.24. The summed E-state index contributed by atoms with van der Waals surface area (Å²) in [5.41, 5.74) is 2.55. The first-order valence-electron chi connectivity index (χ1n) is 10.1. The molecule has 2 atom stereocenters. The van der Waals surface area contributed by atoms with E-state index in [1.165, 1.54) is 17.5 Å². The fraction of sp³-hybridized carbons (Fsp3) is 0.500. The monoisotopic (exact) mass is 369 g/mol. The molecule has 0 saturated heterocycles. The summed E-state index contributed by atoms with van der Waals surface area (Å²) in [5, 5.41) is 9.16. The Morgan fingerprint density at radius 1 is 1.07 bits per heavy atom. The highest BCUT2D eigenvalue weighted by molar-refractivity contribution is 5.35. The van der Waals surface area contributed by atoms with Gasteiger partial charge in [0.2, 0.25) is 0 Å². The van der Waals surface area contributed by atoms with Crippen LogP contribution in [0.5, 0.6) is 11.5 Å². The maximum Gasteiger partial charge on any atom is 0.127 e. The average Bonchev–Trinajstić information content (AvgIpc) is 2.67. The Hall–Kier alpha value is -1.84. The van der Waals surface area contributed by atoms with Gasteiger partial charge in [-0.15, -0.1) is 0 Å². The minimum Gasteiger partial charge on any atom is -0.457 e. The number of hydrogen-bond acceptors (Lipinski definition) is 3. The summed E-state index contributed by atoms with van der Waals surface area (Å²) in [6.45, 7) is 8.69. The number of aliphatic hydroxyl groups is 1. The molecule has 2 unspecified atom stereocenters. The highest BCUT2D eigenvalue weighted by atomic mass is 16.5. The molecule has 0 radical (unpaired) electrons. The number of likely N-dealkylation sites (N-methyl/N-ethyl adjacent to an activating group) is 1. The van der Waals surface area contributed by atoms with E-state index in [-0.39, 0.29) is 6.61 Å². The first kappa shape index (κ1) is 21.5. The quantitative estimate of drug-likeness (QED) is 0.583. The second-order valence-corrected chi connectivity index (χ2v) is 7.73. The van der Waals surface area contributed by atoms with Crippen molar-refractivity contribution < 1.29 is 9.84 Å². The van der Waals surface area contributed by atoms with Gasteiger partial charge in [0.1, 0.15) is 11.5 Å². The highest BCUT2D eigenvalue weighted by Crippen LogP contribution is 2.26. The number of rotatable bonds is 11. The minimum absolute atomic E-state index is 0.224. The molecule has 0 aliphatic carbocycles. The van der Waals surface area contributed by atoms with Crippen molar-refractivity contribution in [3.63, 3.8) is 0 Å². The first-order chi connectivity index (χ1) is 13.0. The average molecular weight is 370 g/mol. The summed E-state index contributed by atoms with van der Waals surface area (Å²) < 4.78 is 6.01. The van der Waals surface area contributed by atoms with E-state index in [1.807, 2.05) is 18.2 Å². The molecular formula is C24H35NO2. The molecular weight excluding hydrogens is 334 g/mol. The van der Waals surface area contributed by atoms with E-state index in [9.17, 15) is 0 Å². The van der Waals surface area contributed by atoms with E-state index in [4.69, 9.17) is 9.84 Å². The van der Waals surface area contributed by atoms with E-state index in [2.05, 4.69) is 63.1 Å². The Labute approximate surface area is 165 Å². The van der Waals surface area contributed by atoms with Crippen LogP contribution in [0.1, 0.15) is 37.8 Å². The van der Waals surface area contributed by atoms with Gasteiger partial charge in [-0.1, -0.05) is 50.1 Å². The number of aliphatic hydroxyl groups excluding tert-OH is 1. The van der Waals surface area contributed by atoms with E-state index in [1.54, 1.807) is 0 Å². The molecule has 27 heavy (non-hydrogen) atoms. The van der Waals surface area contributed by atoms with Gasteiger partial charge in [-0.05, 0) is 68.5 Å². The molecule has 0 aliphatic rings. The highest BCUT2D eigenvalue weighted by Gasteiger charge is 2.18. The summed E-state index contributed by atoms with van der Waals surface area (Å²) in [7, 11) is 2.10. The fourth-order valence-corrected chi connectivity index (χ4v) is 3.41. The molecule has 148 valence electrons. The third kappa shape index (κ3) is 7.36. The predicted molar refractivity (Wildman–Crippen MR) is 114 cm³/mol. The molecule has 1 N–H and O–H groups in total. The molecule has 0 amide bonds. The Balaban J connectivity index is 1.97. The Kier molecular flexibility index (Phi) is 8.83. The Bertz CT molecular complexity index is 668. The third-order valence-corrected chi connectivity index (χ3v) is 5.44. The molecule has 0 saturated carbocycles. The standard InChI is InChI=1S/C24H35NO2/c1-5-20(3)22(18-25(4)15-16-26)12-11-21-7-6-8-24(17-21)27-23-13-9-19(2)10-14-23/h6-10,13-14,17,20,22,26H,5,11-12,15-16,18H2,1-4H3. The van der Waals surface area contributed by atoms with Crippen LogP contribution in [0.15, 0.2) is 48.5 Å². The van der Waals surface area contributed by atoms with Gasteiger partial charge in [0.25, 0.3) is 0 Å². The van der Waals surface area contributed by atoms with Gasteiger partial charge < -0.3 is 14.7 Å². The molecule has 2 rings (SSSR count). The van der Waals surface area contributed by atoms with E-state index in [0.717, 1.165) is 37.4 Å². The lowest BCUT2D eigenvalue weighted by Gasteiger charge is -2.28. The molecule has 0 heterocycles. The number of nitrogens with zero attached hydrogens (tertiary/aromatic N) is 1. The van der Waals surface area contributed by atoms with Gasteiger partial charge in [0.15, 0.2) is 0 Å². The van der Waals surface area contributed by atoms with Gasteiger partial charge in [-0.25, -0.2) is 0 Å². The number of ether oxygens (including phenoxy) is 1. The molecule has 0 bridgehead atoms. The fourth-order valence-electron chi connectivity index (χ4n) is 3.41. The maximum atomic E-state index is 9.16. The van der Waals surface area contributed by atoms with Crippen molar-refractivity contribution in [3.8, 4) is 11.5 Å². The largest absolute Gasteiger partial charge is 0.457 e. The van der Waals surface area contributed by atoms with Crippen LogP contribution in [0.3, 0.4) is 0 Å². The molecule has 0 fully saturated rings. The van der Waals surface area contributed by atoms with Crippen molar-refractivity contribution in [3.05, 3.63) is 59.7 Å². The van der Waals surface area contributed by atoms with Crippen LogP contribution in [0.25, 0.3) is 0 Å². The normalized spacial score (nSPS) is 13.6. The molecule has 0 aromatic heterocycles. The Morgan fingerprint density at radius 2 is 1.81 bits per heavy atom. The lowest BCUT2D eigenvalue weighted by Crippen LogP contribution is -2.31.